The standard InChI is InChI=1S/C21H10F12N2O2/c22-8-1-3-11(15(17(8)34)20(28,29)30)36-13-6-14(10(24)5-7(13)19(25,26)27)37-12-4-2-9(23)18(35)16(12)21(31,32)33/h1-6H,34-35H2. The molecule has 3 aromatic rings. The molecule has 0 saturated heterocycles. The lowest BCUT2D eigenvalue weighted by molar-refractivity contribution is -0.139. The molecule has 37 heavy (non-hydrogen) atoms. The molecule has 0 unspecified atom stereocenters. The van der Waals surface area contributed by atoms with Gasteiger partial charge in [-0.3, -0.25) is 0 Å². The Bertz CT molecular complexity index is 1350. The molecule has 0 amide bonds. The highest BCUT2D eigenvalue weighted by atomic mass is 19.4. The van der Waals surface area contributed by atoms with Crippen molar-refractivity contribution in [3.05, 3.63) is 70.5 Å². The van der Waals surface area contributed by atoms with Gasteiger partial charge in [-0.25, -0.2) is 13.2 Å². The summed E-state index contributed by atoms with van der Waals surface area (Å²) in [6, 6.07) is 1.01. The van der Waals surface area contributed by atoms with Crippen LogP contribution >= 0.6 is 0 Å². The molecular weight excluding hydrogens is 540 g/mol. The number of hydrogen-bond donors (Lipinski definition) is 2. The van der Waals surface area contributed by atoms with Gasteiger partial charge in [-0.05, 0) is 30.3 Å². The summed E-state index contributed by atoms with van der Waals surface area (Å²) in [6.45, 7) is 0. The summed E-state index contributed by atoms with van der Waals surface area (Å²) in [6.07, 6.45) is -16.3. The molecule has 16 heteroatoms. The normalized spacial score (nSPS) is 12.5. The molecule has 0 aliphatic carbocycles. The molecule has 0 aliphatic heterocycles. The van der Waals surface area contributed by atoms with E-state index in [1.54, 1.807) is 0 Å². The molecule has 200 valence electrons. The third-order valence-corrected chi connectivity index (χ3v) is 4.65. The van der Waals surface area contributed by atoms with Crippen LogP contribution in [0, 0.1) is 17.5 Å². The van der Waals surface area contributed by atoms with Crippen LogP contribution < -0.4 is 20.9 Å². The Labute approximate surface area is 198 Å². The van der Waals surface area contributed by atoms with Gasteiger partial charge in [0.15, 0.2) is 11.6 Å². The molecule has 0 spiro atoms. The fourth-order valence-electron chi connectivity index (χ4n) is 3.06. The molecule has 4 N–H and O–H groups in total. The largest absolute Gasteiger partial charge is 0.456 e. The van der Waals surface area contributed by atoms with Crippen LogP contribution in [0.25, 0.3) is 0 Å². The summed E-state index contributed by atoms with van der Waals surface area (Å²) in [4.78, 5) is 0. The van der Waals surface area contributed by atoms with E-state index in [0.29, 0.717) is 18.2 Å². The number of benzene rings is 3. The van der Waals surface area contributed by atoms with Crippen molar-refractivity contribution in [3.63, 3.8) is 0 Å². The van der Waals surface area contributed by atoms with Gasteiger partial charge in [0.05, 0.1) is 11.4 Å². The van der Waals surface area contributed by atoms with Crippen LogP contribution in [0.15, 0.2) is 36.4 Å². The summed E-state index contributed by atoms with van der Waals surface area (Å²) in [7, 11) is 0. The van der Waals surface area contributed by atoms with Crippen LogP contribution in [0.1, 0.15) is 16.7 Å². The third-order valence-electron chi connectivity index (χ3n) is 4.65. The van der Waals surface area contributed by atoms with Crippen LogP contribution in [0.5, 0.6) is 23.0 Å². The molecule has 0 bridgehead atoms. The van der Waals surface area contributed by atoms with E-state index < -0.39 is 87.0 Å². The van der Waals surface area contributed by atoms with Gasteiger partial charge >= 0.3 is 18.5 Å². The fourth-order valence-corrected chi connectivity index (χ4v) is 3.06. The minimum atomic E-state index is -5.46. The van der Waals surface area contributed by atoms with Crippen molar-refractivity contribution in [3.8, 4) is 23.0 Å². The van der Waals surface area contributed by atoms with Gasteiger partial charge in [-0.15, -0.1) is 0 Å². The summed E-state index contributed by atoms with van der Waals surface area (Å²) < 4.78 is 172. The molecule has 0 radical (unpaired) electrons. The van der Waals surface area contributed by atoms with Crippen molar-refractivity contribution in [2.45, 2.75) is 18.5 Å². The van der Waals surface area contributed by atoms with Gasteiger partial charge < -0.3 is 20.9 Å². The highest BCUT2D eigenvalue weighted by molar-refractivity contribution is 5.60. The highest BCUT2D eigenvalue weighted by Gasteiger charge is 2.41. The van der Waals surface area contributed by atoms with E-state index >= 15 is 0 Å². The first kappa shape index (κ1) is 27.6. The highest BCUT2D eigenvalue weighted by Crippen LogP contribution is 2.48. The smallest absolute Gasteiger partial charge is 0.422 e. The molecule has 0 aliphatic rings. The Morgan fingerprint density at radius 2 is 0.892 bits per heavy atom. The lowest BCUT2D eigenvalue weighted by Crippen LogP contribution is -2.14. The van der Waals surface area contributed by atoms with E-state index in [-0.39, 0.29) is 18.2 Å². The quantitative estimate of drug-likeness (QED) is 0.256. The van der Waals surface area contributed by atoms with Gasteiger partial charge in [-0.2, -0.15) is 39.5 Å². The number of halogens is 12. The van der Waals surface area contributed by atoms with Crippen molar-refractivity contribution < 1.29 is 62.2 Å². The Morgan fingerprint density at radius 3 is 1.27 bits per heavy atom. The molecule has 0 fully saturated rings. The van der Waals surface area contributed by atoms with E-state index in [1.807, 2.05) is 0 Å². The third kappa shape index (κ3) is 5.56. The molecule has 3 aromatic carbocycles. The average molecular weight is 550 g/mol. The number of ether oxygens (including phenoxy) is 2. The Morgan fingerprint density at radius 1 is 0.486 bits per heavy atom. The first-order chi connectivity index (χ1) is 16.8. The van der Waals surface area contributed by atoms with Crippen LogP contribution in [0.4, 0.5) is 64.1 Å². The molecule has 0 heterocycles. The zero-order valence-electron chi connectivity index (χ0n) is 17.5. The Kier molecular flexibility index (Phi) is 6.83. The van der Waals surface area contributed by atoms with Crippen LogP contribution in [-0.2, 0) is 18.5 Å². The number of alkyl halides is 9. The maximum Gasteiger partial charge on any atom is 0.422 e. The van der Waals surface area contributed by atoms with Gasteiger partial charge in [0.25, 0.3) is 0 Å². The maximum atomic E-state index is 14.5. The first-order valence-corrected chi connectivity index (χ1v) is 9.39. The van der Waals surface area contributed by atoms with Gasteiger partial charge in [-0.1, -0.05) is 0 Å². The second kappa shape index (κ2) is 9.15. The molecule has 4 nitrogen and oxygen atoms in total. The van der Waals surface area contributed by atoms with E-state index in [2.05, 4.69) is 4.74 Å². The van der Waals surface area contributed by atoms with Gasteiger partial charge in [0.1, 0.15) is 45.6 Å². The zero-order valence-corrected chi connectivity index (χ0v) is 17.5. The molecule has 3 rings (SSSR count). The lowest BCUT2D eigenvalue weighted by atomic mass is 10.1. The minimum absolute atomic E-state index is 0.00242. The van der Waals surface area contributed by atoms with E-state index in [4.69, 9.17) is 16.2 Å². The van der Waals surface area contributed by atoms with Gasteiger partial charge in [0, 0.05) is 6.07 Å². The number of rotatable bonds is 4. The van der Waals surface area contributed by atoms with Crippen molar-refractivity contribution in [1.29, 1.82) is 0 Å². The predicted octanol–water partition coefficient (Wildman–Crippen LogP) is 7.91. The van der Waals surface area contributed by atoms with E-state index in [0.717, 1.165) is 0 Å². The fraction of sp³-hybridized carbons (Fsp3) is 0.143. The molecule has 0 aromatic heterocycles. The topological polar surface area (TPSA) is 70.5 Å². The van der Waals surface area contributed by atoms with Crippen LogP contribution in [0.2, 0.25) is 0 Å². The first-order valence-electron chi connectivity index (χ1n) is 9.39. The monoisotopic (exact) mass is 550 g/mol. The Balaban J connectivity index is 2.21. The molecule has 0 atom stereocenters. The SMILES string of the molecule is Nc1c(F)ccc(Oc2cc(Oc3ccc(F)c(N)c3C(F)(F)F)c(C(F)(F)F)cc2F)c1C(F)(F)F. The number of nitrogens with two attached hydrogens (primary N) is 2. The maximum absolute atomic E-state index is 14.5. The van der Waals surface area contributed by atoms with Crippen LogP contribution in [-0.4, -0.2) is 0 Å². The second-order valence-electron chi connectivity index (χ2n) is 7.14. The second-order valence-corrected chi connectivity index (χ2v) is 7.14. The number of hydrogen-bond acceptors (Lipinski definition) is 4. The summed E-state index contributed by atoms with van der Waals surface area (Å²) >= 11 is 0. The predicted molar refractivity (Wildman–Crippen MR) is 103 cm³/mol. The van der Waals surface area contributed by atoms with E-state index in [9.17, 15) is 52.7 Å². The number of nitrogen functional groups attached to an aromatic ring is 2. The van der Waals surface area contributed by atoms with Crippen molar-refractivity contribution in [2.24, 2.45) is 0 Å². The van der Waals surface area contributed by atoms with Crippen molar-refractivity contribution >= 4 is 11.4 Å². The van der Waals surface area contributed by atoms with Crippen LogP contribution in [0.3, 0.4) is 0 Å². The zero-order chi connectivity index (χ0) is 28.1. The summed E-state index contributed by atoms with van der Waals surface area (Å²) in [5.74, 6) is -10.8. The Hall–Kier alpha value is -3.98. The molecule has 0 saturated carbocycles. The summed E-state index contributed by atoms with van der Waals surface area (Å²) in [5, 5.41) is 0. The van der Waals surface area contributed by atoms with Crippen molar-refractivity contribution in [1.82, 2.24) is 0 Å². The average Bonchev–Trinajstić information content (AvgIpc) is 2.73. The lowest BCUT2D eigenvalue weighted by Gasteiger charge is -2.20. The number of anilines is 2. The van der Waals surface area contributed by atoms with Crippen molar-refractivity contribution in [2.75, 3.05) is 11.5 Å². The van der Waals surface area contributed by atoms with Gasteiger partial charge in [0.2, 0.25) is 0 Å². The molecular formula is C21H10F12N2O2. The van der Waals surface area contributed by atoms with E-state index in [1.165, 1.54) is 0 Å². The summed E-state index contributed by atoms with van der Waals surface area (Å²) in [5.41, 5.74) is 1.14. The minimum Gasteiger partial charge on any atom is -0.456 e.